The van der Waals surface area contributed by atoms with Crippen LogP contribution in [0.5, 0.6) is 11.5 Å². The number of piperidine rings is 1. The van der Waals surface area contributed by atoms with Crippen molar-refractivity contribution in [1.82, 2.24) is 9.88 Å². The number of hydrogen-bond donors (Lipinski definition) is 2. The zero-order chi connectivity index (χ0) is 21.0. The minimum absolute atomic E-state index is 0. The molecule has 0 spiro atoms. The van der Waals surface area contributed by atoms with Crippen LogP contribution in [0.1, 0.15) is 42.1 Å². The van der Waals surface area contributed by atoms with E-state index >= 15 is 0 Å². The summed E-state index contributed by atoms with van der Waals surface area (Å²) >= 11 is 0. The van der Waals surface area contributed by atoms with Gasteiger partial charge in [0.2, 0.25) is 5.43 Å². The van der Waals surface area contributed by atoms with Crippen molar-refractivity contribution >= 4 is 35.0 Å². The third-order valence-corrected chi connectivity index (χ3v) is 6.72. The Balaban J connectivity index is 0.00000231. The Morgan fingerprint density at radius 3 is 2.58 bits per heavy atom. The molecule has 0 radical (unpaired) electrons. The molecule has 2 saturated heterocycles. The molecule has 168 valence electrons. The number of ether oxygens (including phenoxy) is 2. The van der Waals surface area contributed by atoms with Crippen molar-refractivity contribution in [2.24, 2.45) is 5.92 Å². The quantitative estimate of drug-likeness (QED) is 0.724. The highest BCUT2D eigenvalue weighted by atomic mass is 35.5. The number of fused-ring (bicyclic) bond motifs is 2. The maximum atomic E-state index is 13.0. The van der Waals surface area contributed by atoms with Crippen molar-refractivity contribution in [1.29, 1.82) is 0 Å². The smallest absolute Gasteiger partial charge is 0.341 e. The molecule has 31 heavy (non-hydrogen) atoms. The van der Waals surface area contributed by atoms with Gasteiger partial charge in [0.15, 0.2) is 5.75 Å². The number of rotatable bonds is 5. The second kappa shape index (κ2) is 8.24. The lowest BCUT2D eigenvalue weighted by molar-refractivity contribution is 0.0695. The first-order valence-electron chi connectivity index (χ1n) is 10.6. The number of methoxy groups -OCH3 is 2. The average molecular weight is 450 g/mol. The molecule has 3 aliphatic rings. The van der Waals surface area contributed by atoms with Crippen LogP contribution in [0.3, 0.4) is 0 Å². The predicted molar refractivity (Wildman–Crippen MR) is 121 cm³/mol. The molecular formula is C22H28ClN3O5. The van der Waals surface area contributed by atoms with E-state index < -0.39 is 11.4 Å². The van der Waals surface area contributed by atoms with E-state index in [0.717, 1.165) is 38.2 Å². The van der Waals surface area contributed by atoms with Gasteiger partial charge in [0, 0.05) is 31.4 Å². The number of aromatic carboxylic acids is 1. The van der Waals surface area contributed by atoms with E-state index in [9.17, 15) is 14.7 Å². The van der Waals surface area contributed by atoms with Crippen LogP contribution in [-0.4, -0.2) is 55.5 Å². The van der Waals surface area contributed by atoms with Crippen LogP contribution < -0.4 is 25.1 Å². The number of hydrogen-bond acceptors (Lipinski definition) is 6. The largest absolute Gasteiger partial charge is 0.494 e. The molecular weight excluding hydrogens is 422 g/mol. The van der Waals surface area contributed by atoms with Crippen molar-refractivity contribution in [2.75, 3.05) is 38.8 Å². The minimum Gasteiger partial charge on any atom is -0.494 e. The van der Waals surface area contributed by atoms with Crippen LogP contribution in [0.2, 0.25) is 0 Å². The van der Waals surface area contributed by atoms with Gasteiger partial charge < -0.3 is 29.4 Å². The summed E-state index contributed by atoms with van der Waals surface area (Å²) in [6.45, 7) is 2.79. The second-order valence-electron chi connectivity index (χ2n) is 8.54. The van der Waals surface area contributed by atoms with E-state index in [2.05, 4.69) is 10.2 Å². The average Bonchev–Trinajstić information content (AvgIpc) is 3.50. The fourth-order valence-electron chi connectivity index (χ4n) is 5.12. The summed E-state index contributed by atoms with van der Waals surface area (Å²) in [7, 11) is 3.18. The van der Waals surface area contributed by atoms with Gasteiger partial charge in [0.1, 0.15) is 17.0 Å². The summed E-state index contributed by atoms with van der Waals surface area (Å²) in [6, 6.07) is 2.31. The summed E-state index contributed by atoms with van der Waals surface area (Å²) in [5.41, 5.74) is 0.783. The van der Waals surface area contributed by atoms with Gasteiger partial charge in [-0.3, -0.25) is 4.79 Å². The van der Waals surface area contributed by atoms with Gasteiger partial charge in [-0.05, 0) is 44.2 Å². The molecule has 2 atom stereocenters. The highest BCUT2D eigenvalue weighted by Gasteiger charge is 2.38. The van der Waals surface area contributed by atoms with E-state index in [1.54, 1.807) is 20.3 Å². The first-order valence-corrected chi connectivity index (χ1v) is 10.6. The van der Waals surface area contributed by atoms with Gasteiger partial charge in [0.25, 0.3) is 0 Å². The van der Waals surface area contributed by atoms with Crippen molar-refractivity contribution in [2.45, 2.75) is 37.8 Å². The number of aromatic nitrogens is 1. The predicted octanol–water partition coefficient (Wildman–Crippen LogP) is 2.66. The lowest BCUT2D eigenvalue weighted by Gasteiger charge is -2.26. The number of carbonyl (C=O) groups is 1. The van der Waals surface area contributed by atoms with E-state index in [4.69, 9.17) is 9.47 Å². The molecule has 3 fully saturated rings. The molecule has 1 aromatic carbocycles. The molecule has 1 aliphatic carbocycles. The zero-order valence-electron chi connectivity index (χ0n) is 17.7. The van der Waals surface area contributed by atoms with Crippen molar-refractivity contribution in [3.05, 3.63) is 28.0 Å². The molecule has 0 bridgehead atoms. The maximum Gasteiger partial charge on any atom is 0.341 e. The standard InChI is InChI=1S/C22H27N3O5.ClH/c1-29-17-8-14-18(25(13-5-6-13)10-15(20(14)26)22(27)28)21(30-2)19(17)24-9-12-4-3-7-23-16(12)11-24;/h8,10,12-13,16,23H,3-7,9,11H2,1-2H3,(H,27,28);1H/t12-,16+;/m0./s1. The monoisotopic (exact) mass is 449 g/mol. The molecule has 0 amide bonds. The topological polar surface area (TPSA) is 93.0 Å². The van der Waals surface area contributed by atoms with E-state index in [1.165, 1.54) is 19.0 Å². The third kappa shape index (κ3) is 3.51. The molecule has 2 aromatic rings. The van der Waals surface area contributed by atoms with Gasteiger partial charge in [-0.1, -0.05) is 0 Å². The lowest BCUT2D eigenvalue weighted by Crippen LogP contribution is -2.40. The Hall–Kier alpha value is -2.45. The van der Waals surface area contributed by atoms with Crippen LogP contribution in [0.25, 0.3) is 10.9 Å². The Bertz CT molecular complexity index is 1070. The first-order chi connectivity index (χ1) is 14.5. The highest BCUT2D eigenvalue weighted by molar-refractivity contribution is 5.99. The van der Waals surface area contributed by atoms with Crippen molar-refractivity contribution in [3.8, 4) is 11.5 Å². The van der Waals surface area contributed by atoms with Crippen LogP contribution >= 0.6 is 12.4 Å². The normalized spacial score (nSPS) is 22.7. The number of nitrogens with one attached hydrogen (secondary N) is 1. The number of carboxylic acids is 1. The first kappa shape index (κ1) is 21.8. The van der Waals surface area contributed by atoms with E-state index in [-0.39, 0.29) is 24.0 Å². The molecule has 3 heterocycles. The molecule has 5 rings (SSSR count). The van der Waals surface area contributed by atoms with Gasteiger partial charge >= 0.3 is 5.97 Å². The van der Waals surface area contributed by atoms with Gasteiger partial charge in [0.05, 0.1) is 25.1 Å². The second-order valence-corrected chi connectivity index (χ2v) is 8.54. The van der Waals surface area contributed by atoms with Crippen molar-refractivity contribution in [3.63, 3.8) is 0 Å². The van der Waals surface area contributed by atoms with E-state index in [0.29, 0.717) is 34.4 Å². The zero-order valence-corrected chi connectivity index (χ0v) is 18.5. The van der Waals surface area contributed by atoms with Crippen LogP contribution in [0, 0.1) is 5.92 Å². The Morgan fingerprint density at radius 1 is 1.19 bits per heavy atom. The number of benzene rings is 1. The Labute approximate surface area is 186 Å². The minimum atomic E-state index is -1.21. The maximum absolute atomic E-state index is 13.0. The van der Waals surface area contributed by atoms with Crippen LogP contribution in [0.15, 0.2) is 17.1 Å². The molecule has 2 aliphatic heterocycles. The third-order valence-electron chi connectivity index (χ3n) is 6.72. The number of carboxylic acid groups (broad SMARTS) is 1. The number of anilines is 1. The van der Waals surface area contributed by atoms with Gasteiger partial charge in [-0.15, -0.1) is 12.4 Å². The summed E-state index contributed by atoms with van der Waals surface area (Å²) in [5, 5.41) is 13.5. The number of halogens is 1. The van der Waals surface area contributed by atoms with Crippen LogP contribution in [0.4, 0.5) is 5.69 Å². The molecule has 1 aromatic heterocycles. The highest BCUT2D eigenvalue weighted by Crippen LogP contribution is 2.48. The molecule has 9 heteroatoms. The Kier molecular flexibility index (Phi) is 5.79. The number of nitrogens with zero attached hydrogens (tertiary/aromatic N) is 2. The molecule has 8 nitrogen and oxygen atoms in total. The molecule has 2 N–H and O–H groups in total. The molecule has 0 unspecified atom stereocenters. The summed E-state index contributed by atoms with van der Waals surface area (Å²) in [4.78, 5) is 27.0. The SMILES string of the molecule is COc1cc2c(=O)c(C(=O)O)cn(C3CC3)c2c(OC)c1N1C[C@@H]2CCCN[C@@H]2C1.Cl. The summed E-state index contributed by atoms with van der Waals surface area (Å²) in [6.07, 6.45) is 5.77. The fourth-order valence-corrected chi connectivity index (χ4v) is 5.12. The van der Waals surface area contributed by atoms with Gasteiger partial charge in [-0.2, -0.15) is 0 Å². The lowest BCUT2D eigenvalue weighted by atomic mass is 9.94. The fraction of sp³-hybridized carbons (Fsp3) is 0.545. The Morgan fingerprint density at radius 2 is 1.97 bits per heavy atom. The molecule has 1 saturated carbocycles. The number of pyridine rings is 1. The van der Waals surface area contributed by atoms with Crippen LogP contribution in [-0.2, 0) is 0 Å². The van der Waals surface area contributed by atoms with Gasteiger partial charge in [-0.25, -0.2) is 4.79 Å². The summed E-state index contributed by atoms with van der Waals surface area (Å²) in [5.74, 6) is 0.487. The van der Waals surface area contributed by atoms with E-state index in [1.807, 2.05) is 4.57 Å². The van der Waals surface area contributed by atoms with Crippen molar-refractivity contribution < 1.29 is 19.4 Å². The summed E-state index contributed by atoms with van der Waals surface area (Å²) < 4.78 is 13.5.